The van der Waals surface area contributed by atoms with E-state index in [-0.39, 0.29) is 30.7 Å². The van der Waals surface area contributed by atoms with Crippen LogP contribution in [-0.2, 0) is 27.3 Å². The van der Waals surface area contributed by atoms with Crippen LogP contribution in [0.3, 0.4) is 0 Å². The van der Waals surface area contributed by atoms with Crippen LogP contribution in [0.1, 0.15) is 38.3 Å². The molecule has 0 spiro atoms. The van der Waals surface area contributed by atoms with Gasteiger partial charge in [0.15, 0.2) is 0 Å². The second-order valence-electron chi connectivity index (χ2n) is 9.51. The lowest BCUT2D eigenvalue weighted by molar-refractivity contribution is -0.150. The van der Waals surface area contributed by atoms with E-state index in [9.17, 15) is 14.0 Å². The van der Waals surface area contributed by atoms with Gasteiger partial charge in [-0.05, 0) is 32.8 Å². The standard InChI is InChI=1S/C25H27ClF2N2O4/c1-25(2,3)34-24(32)30-12-16(27)11-19(30)23(31)33-13-15-5-4-6-18(21(15)28)17-8-7-14-9-10-29-22(14)20(17)26/h4-8,16,19,29H,9-13H2,1-3H3/t16-,19+/m1/s1. The summed E-state index contributed by atoms with van der Waals surface area (Å²) >= 11 is 6.53. The van der Waals surface area contributed by atoms with Crippen molar-refractivity contribution in [1.29, 1.82) is 0 Å². The molecule has 1 amide bonds. The molecule has 1 fully saturated rings. The first-order chi connectivity index (χ1) is 16.0. The molecular weight excluding hydrogens is 466 g/mol. The van der Waals surface area contributed by atoms with E-state index in [0.29, 0.717) is 10.6 Å². The lowest BCUT2D eigenvalue weighted by Crippen LogP contribution is -2.44. The topological polar surface area (TPSA) is 67.9 Å². The summed E-state index contributed by atoms with van der Waals surface area (Å²) in [6.07, 6.45) is -1.50. The van der Waals surface area contributed by atoms with E-state index in [0.717, 1.165) is 29.1 Å². The predicted molar refractivity (Wildman–Crippen MR) is 125 cm³/mol. The second kappa shape index (κ2) is 9.41. The summed E-state index contributed by atoms with van der Waals surface area (Å²) in [6.45, 7) is 5.19. The highest BCUT2D eigenvalue weighted by atomic mass is 35.5. The number of anilines is 1. The summed E-state index contributed by atoms with van der Waals surface area (Å²) < 4.78 is 40.0. The maximum Gasteiger partial charge on any atom is 0.411 e. The van der Waals surface area contributed by atoms with Crippen molar-refractivity contribution in [3.05, 3.63) is 52.3 Å². The molecule has 2 heterocycles. The maximum atomic E-state index is 15.4. The summed E-state index contributed by atoms with van der Waals surface area (Å²) in [5.41, 5.74) is 2.06. The maximum absolute atomic E-state index is 15.4. The van der Waals surface area contributed by atoms with Gasteiger partial charge in [-0.1, -0.05) is 41.9 Å². The Balaban J connectivity index is 1.49. The molecule has 9 heteroatoms. The van der Waals surface area contributed by atoms with Gasteiger partial charge in [0.25, 0.3) is 0 Å². The van der Waals surface area contributed by atoms with Crippen LogP contribution < -0.4 is 5.32 Å². The molecule has 182 valence electrons. The van der Waals surface area contributed by atoms with E-state index >= 15 is 4.39 Å². The van der Waals surface area contributed by atoms with Crippen LogP contribution in [0.4, 0.5) is 19.3 Å². The smallest absolute Gasteiger partial charge is 0.411 e. The Morgan fingerprint density at radius 1 is 1.21 bits per heavy atom. The predicted octanol–water partition coefficient (Wildman–Crippen LogP) is 5.50. The number of hydrogen-bond acceptors (Lipinski definition) is 5. The number of hydrogen-bond donors (Lipinski definition) is 1. The molecule has 34 heavy (non-hydrogen) atoms. The Bertz CT molecular complexity index is 1120. The fourth-order valence-corrected chi connectivity index (χ4v) is 4.57. The molecule has 2 aliphatic heterocycles. The lowest BCUT2D eigenvalue weighted by atomic mass is 9.99. The Morgan fingerprint density at radius 3 is 2.71 bits per heavy atom. The minimum Gasteiger partial charge on any atom is -0.459 e. The number of halogens is 3. The third-order valence-electron chi connectivity index (χ3n) is 5.81. The highest BCUT2D eigenvalue weighted by Crippen LogP contribution is 2.40. The van der Waals surface area contributed by atoms with Crippen LogP contribution in [0, 0.1) is 5.82 Å². The number of fused-ring (bicyclic) bond motifs is 1. The van der Waals surface area contributed by atoms with Gasteiger partial charge in [-0.2, -0.15) is 0 Å². The van der Waals surface area contributed by atoms with Gasteiger partial charge in [0.1, 0.15) is 30.2 Å². The van der Waals surface area contributed by atoms with Crippen molar-refractivity contribution in [2.45, 2.75) is 58.0 Å². The monoisotopic (exact) mass is 492 g/mol. The van der Waals surface area contributed by atoms with Crippen molar-refractivity contribution in [2.24, 2.45) is 0 Å². The van der Waals surface area contributed by atoms with Gasteiger partial charge in [0.2, 0.25) is 0 Å². The summed E-state index contributed by atoms with van der Waals surface area (Å²) in [5.74, 6) is -1.37. The van der Waals surface area contributed by atoms with Crippen molar-refractivity contribution in [3.8, 4) is 11.1 Å². The van der Waals surface area contributed by atoms with Crippen molar-refractivity contribution in [3.63, 3.8) is 0 Å². The van der Waals surface area contributed by atoms with Crippen LogP contribution in [0.25, 0.3) is 11.1 Å². The number of ether oxygens (including phenoxy) is 2. The molecule has 0 saturated carbocycles. The zero-order chi connectivity index (χ0) is 24.6. The van der Waals surface area contributed by atoms with Gasteiger partial charge in [-0.15, -0.1) is 0 Å². The number of nitrogens with one attached hydrogen (secondary N) is 1. The molecule has 2 aliphatic rings. The van der Waals surface area contributed by atoms with E-state index in [4.69, 9.17) is 21.1 Å². The third-order valence-corrected chi connectivity index (χ3v) is 6.21. The molecule has 0 bridgehead atoms. The van der Waals surface area contributed by atoms with E-state index in [2.05, 4.69) is 5.32 Å². The van der Waals surface area contributed by atoms with E-state index < -0.39 is 35.7 Å². The minimum atomic E-state index is -1.37. The lowest BCUT2D eigenvalue weighted by Gasteiger charge is -2.27. The first-order valence-electron chi connectivity index (χ1n) is 11.2. The molecule has 2 atom stereocenters. The van der Waals surface area contributed by atoms with Crippen molar-refractivity contribution in [2.75, 3.05) is 18.4 Å². The van der Waals surface area contributed by atoms with Gasteiger partial charge in [-0.3, -0.25) is 4.90 Å². The largest absolute Gasteiger partial charge is 0.459 e. The molecule has 2 aromatic carbocycles. The SMILES string of the molecule is CC(C)(C)OC(=O)N1C[C@H](F)C[C@H]1C(=O)OCc1cccc(-c2ccc3c(c2Cl)NCC3)c1F. The highest BCUT2D eigenvalue weighted by Gasteiger charge is 2.42. The number of carbonyl (C=O) groups excluding carboxylic acids is 2. The molecule has 2 aromatic rings. The average molecular weight is 493 g/mol. The number of esters is 1. The van der Waals surface area contributed by atoms with Crippen LogP contribution in [0.5, 0.6) is 0 Å². The molecule has 0 aromatic heterocycles. The number of rotatable bonds is 4. The van der Waals surface area contributed by atoms with E-state index in [1.165, 1.54) is 6.07 Å². The van der Waals surface area contributed by atoms with E-state index in [1.807, 2.05) is 6.07 Å². The fourth-order valence-electron chi connectivity index (χ4n) is 4.22. The number of nitrogens with zero attached hydrogens (tertiary/aromatic N) is 1. The number of carbonyl (C=O) groups is 2. The third kappa shape index (κ3) is 4.97. The molecule has 4 rings (SSSR count). The van der Waals surface area contributed by atoms with Crippen molar-refractivity contribution >= 4 is 29.4 Å². The summed E-state index contributed by atoms with van der Waals surface area (Å²) in [5, 5.41) is 3.66. The van der Waals surface area contributed by atoms with E-state index in [1.54, 1.807) is 39.0 Å². The zero-order valence-electron chi connectivity index (χ0n) is 19.3. The van der Waals surface area contributed by atoms with Crippen molar-refractivity contribution < 1.29 is 27.8 Å². The average Bonchev–Trinajstić information content (AvgIpc) is 3.39. The zero-order valence-corrected chi connectivity index (χ0v) is 20.0. The molecule has 6 nitrogen and oxygen atoms in total. The molecule has 1 N–H and O–H groups in total. The van der Waals surface area contributed by atoms with Gasteiger partial charge >= 0.3 is 12.1 Å². The van der Waals surface area contributed by atoms with Gasteiger partial charge in [0.05, 0.1) is 17.3 Å². The molecule has 0 unspecified atom stereocenters. The summed E-state index contributed by atoms with van der Waals surface area (Å²) in [4.78, 5) is 26.1. The number of likely N-dealkylation sites (tertiary alicyclic amines) is 1. The molecule has 0 radical (unpaired) electrons. The highest BCUT2D eigenvalue weighted by molar-refractivity contribution is 6.36. The second-order valence-corrected chi connectivity index (χ2v) is 9.88. The van der Waals surface area contributed by atoms with Crippen LogP contribution in [-0.4, -0.2) is 47.9 Å². The normalized spacial score (nSPS) is 19.5. The Kier molecular flexibility index (Phi) is 6.71. The summed E-state index contributed by atoms with van der Waals surface area (Å²) in [7, 11) is 0. The Morgan fingerprint density at radius 2 is 1.97 bits per heavy atom. The minimum absolute atomic E-state index is 0.147. The van der Waals surface area contributed by atoms with Crippen molar-refractivity contribution in [1.82, 2.24) is 4.90 Å². The quantitative estimate of drug-likeness (QED) is 0.570. The van der Waals surface area contributed by atoms with Crippen LogP contribution in [0.2, 0.25) is 5.02 Å². The number of alkyl halides is 1. The van der Waals surface area contributed by atoms with Crippen LogP contribution in [0.15, 0.2) is 30.3 Å². The Labute approximate surface area is 202 Å². The van der Waals surface area contributed by atoms with Gasteiger partial charge < -0.3 is 14.8 Å². The molecule has 0 aliphatic carbocycles. The number of amides is 1. The molecular formula is C25H27ClF2N2O4. The van der Waals surface area contributed by atoms with Gasteiger partial charge in [0, 0.05) is 29.7 Å². The van der Waals surface area contributed by atoms with Crippen LogP contribution >= 0.6 is 11.6 Å². The molecule has 1 saturated heterocycles. The fraction of sp³-hybridized carbons (Fsp3) is 0.440. The Hall–Kier alpha value is -2.87. The first-order valence-corrected chi connectivity index (χ1v) is 11.6. The first kappa shape index (κ1) is 24.3. The number of benzene rings is 2. The summed E-state index contributed by atoms with van der Waals surface area (Å²) in [6, 6.07) is 7.33. The van der Waals surface area contributed by atoms with Gasteiger partial charge in [-0.25, -0.2) is 18.4 Å².